The summed E-state index contributed by atoms with van der Waals surface area (Å²) < 4.78 is 0. The Balaban J connectivity index is 1.33. The SMILES string of the molecule is Cc1c(C(=O)NC(CCC2CC2)C(=O)NC2(c3ccc(C#N)cc3)CC2)[nH]c2c1C(=O)CC(C)(C)C2. The van der Waals surface area contributed by atoms with Gasteiger partial charge >= 0.3 is 0 Å². The molecule has 7 nitrogen and oxygen atoms in total. The number of benzene rings is 1. The first-order chi connectivity index (χ1) is 17.1. The number of aromatic amines is 1. The van der Waals surface area contributed by atoms with E-state index < -0.39 is 11.6 Å². The molecule has 2 aromatic rings. The van der Waals surface area contributed by atoms with Crippen molar-refractivity contribution in [3.63, 3.8) is 0 Å². The van der Waals surface area contributed by atoms with Crippen molar-refractivity contribution in [2.45, 2.75) is 83.7 Å². The lowest BCUT2D eigenvalue weighted by Crippen LogP contribution is -2.50. The molecule has 1 heterocycles. The topological polar surface area (TPSA) is 115 Å². The molecular formula is C29H34N4O3. The van der Waals surface area contributed by atoms with E-state index in [1.165, 1.54) is 12.8 Å². The molecule has 7 heteroatoms. The lowest BCUT2D eigenvalue weighted by Gasteiger charge is -2.28. The first kappa shape index (κ1) is 24.3. The second kappa shape index (κ2) is 8.92. The second-order valence-electron chi connectivity index (χ2n) is 11.7. The van der Waals surface area contributed by atoms with Crippen molar-refractivity contribution in [1.82, 2.24) is 15.6 Å². The minimum absolute atomic E-state index is 0.0650. The van der Waals surface area contributed by atoms with Crippen LogP contribution in [0.25, 0.3) is 0 Å². The molecule has 2 amide bonds. The van der Waals surface area contributed by atoms with Gasteiger partial charge in [-0.1, -0.05) is 38.8 Å². The minimum Gasteiger partial charge on any atom is -0.354 e. The molecule has 188 valence electrons. The molecular weight excluding hydrogens is 452 g/mol. The summed E-state index contributed by atoms with van der Waals surface area (Å²) in [5.74, 6) is 0.170. The molecule has 0 radical (unpaired) electrons. The molecule has 1 aromatic carbocycles. The molecule has 3 N–H and O–H groups in total. The maximum Gasteiger partial charge on any atom is 0.268 e. The largest absolute Gasteiger partial charge is 0.354 e. The Hall–Kier alpha value is -3.40. The summed E-state index contributed by atoms with van der Waals surface area (Å²) in [6, 6.07) is 8.81. The summed E-state index contributed by atoms with van der Waals surface area (Å²) >= 11 is 0. The third kappa shape index (κ3) is 4.82. The summed E-state index contributed by atoms with van der Waals surface area (Å²) in [5, 5.41) is 15.3. The number of ketones is 1. The van der Waals surface area contributed by atoms with Crippen LogP contribution in [0.5, 0.6) is 0 Å². The van der Waals surface area contributed by atoms with Gasteiger partial charge in [0.05, 0.1) is 17.2 Å². The Labute approximate surface area is 212 Å². The molecule has 0 aliphatic heterocycles. The quantitative estimate of drug-likeness (QED) is 0.511. The predicted octanol–water partition coefficient (Wildman–Crippen LogP) is 4.44. The molecule has 2 fully saturated rings. The van der Waals surface area contributed by atoms with Gasteiger partial charge in [-0.05, 0) is 73.6 Å². The zero-order valence-corrected chi connectivity index (χ0v) is 21.3. The first-order valence-electron chi connectivity index (χ1n) is 13.0. The van der Waals surface area contributed by atoms with Crippen molar-refractivity contribution in [3.8, 4) is 6.07 Å². The number of hydrogen-bond acceptors (Lipinski definition) is 4. The van der Waals surface area contributed by atoms with Gasteiger partial charge in [-0.15, -0.1) is 0 Å². The van der Waals surface area contributed by atoms with Crippen LogP contribution in [-0.2, 0) is 16.8 Å². The van der Waals surface area contributed by atoms with Crippen LogP contribution in [-0.4, -0.2) is 28.6 Å². The van der Waals surface area contributed by atoms with Crippen LogP contribution in [0.3, 0.4) is 0 Å². The Kier molecular flexibility index (Phi) is 6.02. The smallest absolute Gasteiger partial charge is 0.268 e. The lowest BCUT2D eigenvalue weighted by atomic mass is 9.75. The standard InChI is InChI=1S/C29H34N4O3/c1-17-24-22(14-28(2,3)15-23(24)34)31-25(17)27(36)32-21(11-8-18-4-5-18)26(35)33-29(12-13-29)20-9-6-19(16-30)7-10-20/h6-7,9-10,18,21,31H,4-5,8,11-15H2,1-3H3,(H,32,36)(H,33,35). The van der Waals surface area contributed by atoms with Gasteiger partial charge < -0.3 is 15.6 Å². The highest BCUT2D eigenvalue weighted by molar-refractivity contribution is 6.05. The number of nitriles is 1. The van der Waals surface area contributed by atoms with E-state index in [0.717, 1.165) is 30.5 Å². The molecule has 1 atom stereocenters. The van der Waals surface area contributed by atoms with E-state index in [0.29, 0.717) is 47.6 Å². The summed E-state index contributed by atoms with van der Waals surface area (Å²) in [4.78, 5) is 42.8. The number of Topliss-reactive ketones (excluding diaryl/α,β-unsaturated/α-hetero) is 1. The van der Waals surface area contributed by atoms with E-state index in [2.05, 4.69) is 35.5 Å². The van der Waals surface area contributed by atoms with E-state index in [9.17, 15) is 14.4 Å². The van der Waals surface area contributed by atoms with Crippen molar-refractivity contribution in [1.29, 1.82) is 5.26 Å². The van der Waals surface area contributed by atoms with Gasteiger partial charge in [0.25, 0.3) is 5.91 Å². The van der Waals surface area contributed by atoms with Gasteiger partial charge in [0, 0.05) is 17.7 Å². The Morgan fingerprint density at radius 2 is 1.86 bits per heavy atom. The summed E-state index contributed by atoms with van der Waals surface area (Å²) in [6.07, 6.45) is 6.66. The third-order valence-electron chi connectivity index (χ3n) is 7.99. The number of hydrogen-bond donors (Lipinski definition) is 3. The van der Waals surface area contributed by atoms with Crippen LogP contribution < -0.4 is 10.6 Å². The fourth-order valence-electron chi connectivity index (χ4n) is 5.57. The summed E-state index contributed by atoms with van der Waals surface area (Å²) in [7, 11) is 0. The molecule has 2 saturated carbocycles. The van der Waals surface area contributed by atoms with Crippen molar-refractivity contribution >= 4 is 17.6 Å². The minimum atomic E-state index is -0.652. The maximum atomic E-state index is 13.5. The second-order valence-corrected chi connectivity index (χ2v) is 11.7. The third-order valence-corrected chi connectivity index (χ3v) is 7.99. The zero-order valence-electron chi connectivity index (χ0n) is 21.3. The maximum absolute atomic E-state index is 13.5. The van der Waals surface area contributed by atoms with Crippen molar-refractivity contribution in [2.24, 2.45) is 11.3 Å². The van der Waals surface area contributed by atoms with Crippen LogP contribution in [0.4, 0.5) is 0 Å². The number of amides is 2. The van der Waals surface area contributed by atoms with Crippen molar-refractivity contribution < 1.29 is 14.4 Å². The van der Waals surface area contributed by atoms with E-state index in [-0.39, 0.29) is 23.0 Å². The molecule has 0 bridgehead atoms. The summed E-state index contributed by atoms with van der Waals surface area (Å²) in [5.41, 5.74) is 3.48. The van der Waals surface area contributed by atoms with Gasteiger partial charge in [0.2, 0.25) is 5.91 Å². The van der Waals surface area contributed by atoms with E-state index in [1.807, 2.05) is 19.1 Å². The Morgan fingerprint density at radius 3 is 2.47 bits per heavy atom. The van der Waals surface area contributed by atoms with Crippen molar-refractivity contribution in [3.05, 3.63) is 57.9 Å². The van der Waals surface area contributed by atoms with Crippen LogP contribution in [0.2, 0.25) is 0 Å². The van der Waals surface area contributed by atoms with Gasteiger partial charge in [-0.2, -0.15) is 5.26 Å². The lowest BCUT2D eigenvalue weighted by molar-refractivity contribution is -0.124. The average Bonchev–Trinajstić information content (AvgIpc) is 3.75. The van der Waals surface area contributed by atoms with Gasteiger partial charge in [0.15, 0.2) is 5.78 Å². The van der Waals surface area contributed by atoms with E-state index >= 15 is 0 Å². The van der Waals surface area contributed by atoms with Crippen LogP contribution in [0.15, 0.2) is 24.3 Å². The Morgan fingerprint density at radius 1 is 1.17 bits per heavy atom. The number of nitrogens with zero attached hydrogens (tertiary/aromatic N) is 1. The molecule has 5 rings (SSSR count). The number of carbonyl (C=O) groups excluding carboxylic acids is 3. The fourth-order valence-corrected chi connectivity index (χ4v) is 5.57. The van der Waals surface area contributed by atoms with E-state index in [1.54, 1.807) is 12.1 Å². The van der Waals surface area contributed by atoms with Crippen LogP contribution >= 0.6 is 0 Å². The number of carbonyl (C=O) groups is 3. The normalized spacial score (nSPS) is 20.1. The molecule has 1 unspecified atom stereocenters. The predicted molar refractivity (Wildman–Crippen MR) is 135 cm³/mol. The van der Waals surface area contributed by atoms with Crippen LogP contribution in [0, 0.1) is 29.6 Å². The Bertz CT molecular complexity index is 1260. The van der Waals surface area contributed by atoms with Crippen LogP contribution in [0.1, 0.15) is 102 Å². The molecule has 3 aliphatic rings. The van der Waals surface area contributed by atoms with Gasteiger partial charge in [-0.3, -0.25) is 14.4 Å². The van der Waals surface area contributed by atoms with Crippen molar-refractivity contribution in [2.75, 3.05) is 0 Å². The zero-order chi connectivity index (χ0) is 25.7. The molecule has 1 aromatic heterocycles. The molecule has 0 saturated heterocycles. The summed E-state index contributed by atoms with van der Waals surface area (Å²) in [6.45, 7) is 5.93. The highest BCUT2D eigenvalue weighted by Gasteiger charge is 2.47. The fraction of sp³-hybridized carbons (Fsp3) is 0.517. The molecule has 0 spiro atoms. The van der Waals surface area contributed by atoms with Gasteiger partial charge in [0.1, 0.15) is 11.7 Å². The van der Waals surface area contributed by atoms with Gasteiger partial charge in [-0.25, -0.2) is 0 Å². The average molecular weight is 487 g/mol. The number of rotatable bonds is 8. The van der Waals surface area contributed by atoms with E-state index in [4.69, 9.17) is 5.26 Å². The monoisotopic (exact) mass is 486 g/mol. The number of H-pyrrole nitrogens is 1. The number of fused-ring (bicyclic) bond motifs is 1. The highest BCUT2D eigenvalue weighted by atomic mass is 16.2. The highest BCUT2D eigenvalue weighted by Crippen LogP contribution is 2.45. The molecule has 3 aliphatic carbocycles. The molecule has 36 heavy (non-hydrogen) atoms. The number of aromatic nitrogens is 1. The number of nitrogens with one attached hydrogen (secondary N) is 3. The first-order valence-corrected chi connectivity index (χ1v) is 13.0.